The van der Waals surface area contributed by atoms with Crippen molar-refractivity contribution in [2.24, 2.45) is 0 Å². The Morgan fingerprint density at radius 1 is 1.31 bits per heavy atom. The average Bonchev–Trinajstić information content (AvgIpc) is 2.30. The van der Waals surface area contributed by atoms with Crippen LogP contribution in [0.15, 0.2) is 18.2 Å². The minimum Gasteiger partial charge on any atom is -0.358 e. The summed E-state index contributed by atoms with van der Waals surface area (Å²) < 4.78 is 0. The SMILES string of the molecule is CNC(=O)[C@H](Cc1cccc(C)c1C)NC. The summed E-state index contributed by atoms with van der Waals surface area (Å²) in [5, 5.41) is 5.70. The molecule has 1 aromatic rings. The van der Waals surface area contributed by atoms with Crippen LogP contribution in [0, 0.1) is 13.8 Å². The Hall–Kier alpha value is -1.35. The molecule has 1 rings (SSSR count). The van der Waals surface area contributed by atoms with Crippen molar-refractivity contribution in [2.45, 2.75) is 26.3 Å². The van der Waals surface area contributed by atoms with Crippen LogP contribution in [0.3, 0.4) is 0 Å². The summed E-state index contributed by atoms with van der Waals surface area (Å²) in [4.78, 5) is 11.6. The zero-order valence-corrected chi connectivity index (χ0v) is 10.4. The van der Waals surface area contributed by atoms with Crippen LogP contribution in [0.4, 0.5) is 0 Å². The van der Waals surface area contributed by atoms with Crippen molar-refractivity contribution in [2.75, 3.05) is 14.1 Å². The first-order chi connectivity index (χ1) is 7.60. The van der Waals surface area contributed by atoms with E-state index in [0.29, 0.717) is 0 Å². The lowest BCUT2D eigenvalue weighted by Gasteiger charge is -2.16. The van der Waals surface area contributed by atoms with E-state index in [4.69, 9.17) is 0 Å². The maximum Gasteiger partial charge on any atom is 0.237 e. The summed E-state index contributed by atoms with van der Waals surface area (Å²) >= 11 is 0. The van der Waals surface area contributed by atoms with Crippen LogP contribution in [0.1, 0.15) is 16.7 Å². The molecule has 0 aliphatic rings. The zero-order valence-electron chi connectivity index (χ0n) is 10.4. The second-order valence-electron chi connectivity index (χ2n) is 4.02. The Balaban J connectivity index is 2.86. The molecule has 3 heteroatoms. The Morgan fingerprint density at radius 3 is 2.56 bits per heavy atom. The molecule has 1 atom stereocenters. The largest absolute Gasteiger partial charge is 0.358 e. The van der Waals surface area contributed by atoms with Gasteiger partial charge in [-0.15, -0.1) is 0 Å². The van der Waals surface area contributed by atoms with Gasteiger partial charge in [0.05, 0.1) is 6.04 Å². The second-order valence-corrected chi connectivity index (χ2v) is 4.02. The number of hydrogen-bond donors (Lipinski definition) is 2. The molecule has 0 saturated carbocycles. The molecule has 0 radical (unpaired) electrons. The molecule has 16 heavy (non-hydrogen) atoms. The summed E-state index contributed by atoms with van der Waals surface area (Å²) in [5.74, 6) is 0.0309. The molecule has 0 aromatic heterocycles. The summed E-state index contributed by atoms with van der Waals surface area (Å²) in [7, 11) is 3.47. The highest BCUT2D eigenvalue weighted by atomic mass is 16.2. The van der Waals surface area contributed by atoms with Gasteiger partial charge in [0.25, 0.3) is 0 Å². The summed E-state index contributed by atoms with van der Waals surface area (Å²) in [6, 6.07) is 6.04. The fraction of sp³-hybridized carbons (Fsp3) is 0.462. The highest BCUT2D eigenvalue weighted by Crippen LogP contribution is 2.14. The van der Waals surface area contributed by atoms with Crippen LogP contribution in [0.25, 0.3) is 0 Å². The van der Waals surface area contributed by atoms with E-state index in [2.05, 4.69) is 36.6 Å². The Bertz CT molecular complexity index is 374. The van der Waals surface area contributed by atoms with Gasteiger partial charge in [-0.1, -0.05) is 18.2 Å². The number of hydrogen-bond acceptors (Lipinski definition) is 2. The van der Waals surface area contributed by atoms with Crippen molar-refractivity contribution >= 4 is 5.91 Å². The quantitative estimate of drug-likeness (QED) is 0.800. The minimum atomic E-state index is -0.162. The lowest BCUT2D eigenvalue weighted by Crippen LogP contribution is -2.42. The van der Waals surface area contributed by atoms with Gasteiger partial charge in [-0.05, 0) is 44.0 Å². The number of likely N-dealkylation sites (N-methyl/N-ethyl adjacent to an activating group) is 2. The molecule has 88 valence electrons. The van der Waals surface area contributed by atoms with Gasteiger partial charge in [-0.3, -0.25) is 4.79 Å². The lowest BCUT2D eigenvalue weighted by molar-refractivity contribution is -0.122. The van der Waals surface area contributed by atoms with E-state index >= 15 is 0 Å². The molecule has 1 amide bonds. The Labute approximate surface area is 97.2 Å². The number of rotatable bonds is 4. The van der Waals surface area contributed by atoms with Crippen LogP contribution < -0.4 is 10.6 Å². The highest BCUT2D eigenvalue weighted by molar-refractivity contribution is 5.81. The molecule has 0 heterocycles. The predicted octanol–water partition coefficient (Wildman–Crippen LogP) is 1.18. The van der Waals surface area contributed by atoms with E-state index in [1.807, 2.05) is 13.1 Å². The molecular formula is C13H20N2O. The van der Waals surface area contributed by atoms with E-state index in [0.717, 1.165) is 6.42 Å². The van der Waals surface area contributed by atoms with Gasteiger partial charge in [0, 0.05) is 7.05 Å². The fourth-order valence-electron chi connectivity index (χ4n) is 1.75. The number of benzene rings is 1. The van der Waals surface area contributed by atoms with Crippen molar-refractivity contribution in [1.82, 2.24) is 10.6 Å². The van der Waals surface area contributed by atoms with Crippen molar-refractivity contribution in [3.05, 3.63) is 34.9 Å². The van der Waals surface area contributed by atoms with Crippen molar-refractivity contribution in [1.29, 1.82) is 0 Å². The van der Waals surface area contributed by atoms with Gasteiger partial charge in [-0.25, -0.2) is 0 Å². The molecule has 0 unspecified atom stereocenters. The molecule has 0 fully saturated rings. The molecule has 0 aliphatic carbocycles. The number of nitrogens with one attached hydrogen (secondary N) is 2. The molecule has 0 saturated heterocycles. The van der Waals surface area contributed by atoms with E-state index in [1.165, 1.54) is 16.7 Å². The van der Waals surface area contributed by atoms with Crippen LogP contribution in [0.5, 0.6) is 0 Å². The first kappa shape index (κ1) is 12.7. The van der Waals surface area contributed by atoms with E-state index < -0.39 is 0 Å². The Kier molecular flexibility index (Phi) is 4.50. The third-order valence-electron chi connectivity index (χ3n) is 3.05. The fourth-order valence-corrected chi connectivity index (χ4v) is 1.75. The summed E-state index contributed by atoms with van der Waals surface area (Å²) in [6.07, 6.45) is 0.726. The highest BCUT2D eigenvalue weighted by Gasteiger charge is 2.16. The number of amides is 1. The normalized spacial score (nSPS) is 12.2. The molecule has 1 aromatic carbocycles. The number of carbonyl (C=O) groups is 1. The summed E-state index contributed by atoms with van der Waals surface area (Å²) in [5.41, 5.74) is 3.76. The standard InChI is InChI=1S/C13H20N2O/c1-9-6-5-7-11(10(9)2)8-12(14-3)13(16)15-4/h5-7,12,14H,8H2,1-4H3,(H,15,16)/t12-/m0/s1. The zero-order chi connectivity index (χ0) is 12.1. The second kappa shape index (κ2) is 5.66. The van der Waals surface area contributed by atoms with Gasteiger partial charge in [-0.2, -0.15) is 0 Å². The average molecular weight is 220 g/mol. The topological polar surface area (TPSA) is 41.1 Å². The third-order valence-corrected chi connectivity index (χ3v) is 3.05. The van der Waals surface area contributed by atoms with Gasteiger partial charge in [0.1, 0.15) is 0 Å². The molecule has 3 nitrogen and oxygen atoms in total. The van der Waals surface area contributed by atoms with E-state index in [-0.39, 0.29) is 11.9 Å². The van der Waals surface area contributed by atoms with E-state index in [1.54, 1.807) is 7.05 Å². The molecular weight excluding hydrogens is 200 g/mol. The number of carbonyl (C=O) groups excluding carboxylic acids is 1. The summed E-state index contributed by atoms with van der Waals surface area (Å²) in [6.45, 7) is 4.19. The third kappa shape index (κ3) is 2.83. The first-order valence-corrected chi connectivity index (χ1v) is 5.54. The van der Waals surface area contributed by atoms with Crippen molar-refractivity contribution < 1.29 is 4.79 Å². The molecule has 0 bridgehead atoms. The number of aryl methyl sites for hydroxylation is 1. The van der Waals surface area contributed by atoms with Gasteiger partial charge < -0.3 is 10.6 Å². The van der Waals surface area contributed by atoms with Crippen LogP contribution in [0.2, 0.25) is 0 Å². The maximum atomic E-state index is 11.6. The van der Waals surface area contributed by atoms with Gasteiger partial charge in [0.2, 0.25) is 5.91 Å². The van der Waals surface area contributed by atoms with Crippen LogP contribution in [-0.4, -0.2) is 26.0 Å². The molecule has 0 spiro atoms. The minimum absolute atomic E-state index is 0.0309. The van der Waals surface area contributed by atoms with Gasteiger partial charge in [0.15, 0.2) is 0 Å². The first-order valence-electron chi connectivity index (χ1n) is 5.54. The lowest BCUT2D eigenvalue weighted by atomic mass is 9.97. The van der Waals surface area contributed by atoms with Crippen molar-refractivity contribution in [3.8, 4) is 0 Å². The smallest absolute Gasteiger partial charge is 0.237 e. The van der Waals surface area contributed by atoms with Gasteiger partial charge >= 0.3 is 0 Å². The molecule has 0 aliphatic heterocycles. The molecule has 2 N–H and O–H groups in total. The van der Waals surface area contributed by atoms with Crippen LogP contribution >= 0.6 is 0 Å². The Morgan fingerprint density at radius 2 is 2.00 bits per heavy atom. The van der Waals surface area contributed by atoms with E-state index in [9.17, 15) is 4.79 Å². The maximum absolute atomic E-state index is 11.6. The monoisotopic (exact) mass is 220 g/mol. The van der Waals surface area contributed by atoms with Crippen LogP contribution in [-0.2, 0) is 11.2 Å². The van der Waals surface area contributed by atoms with Crippen molar-refractivity contribution in [3.63, 3.8) is 0 Å². The predicted molar refractivity (Wildman–Crippen MR) is 66.5 cm³/mol.